The molecule has 25 heavy (non-hydrogen) atoms. The average molecular weight is 352 g/mol. The Bertz CT molecular complexity index is 554. The monoisotopic (exact) mass is 352 g/mol. The largest absolute Gasteiger partial charge is 0.379 e. The molecule has 2 rings (SSSR count). The molecule has 2 fully saturated rings. The Morgan fingerprint density at radius 2 is 2.00 bits per heavy atom. The molecule has 1 N–H and O–H groups in total. The van der Waals surface area contributed by atoms with Gasteiger partial charge in [0, 0.05) is 31.8 Å². The Hall–Kier alpha value is -1.76. The molecule has 7 heteroatoms. The number of ether oxygens (including phenoxy) is 1. The van der Waals surface area contributed by atoms with Crippen LogP contribution in [-0.2, 0) is 23.9 Å². The van der Waals surface area contributed by atoms with Crippen molar-refractivity contribution in [3.8, 4) is 0 Å². The number of carbonyl (C=O) groups is 4. The molecule has 0 aromatic heterocycles. The Morgan fingerprint density at radius 3 is 2.52 bits per heavy atom. The molecule has 0 radical (unpaired) electrons. The van der Waals surface area contributed by atoms with Gasteiger partial charge in [0.1, 0.15) is 5.78 Å². The lowest BCUT2D eigenvalue weighted by molar-refractivity contribution is -0.140. The van der Waals surface area contributed by atoms with Gasteiger partial charge in [-0.1, -0.05) is 13.8 Å². The summed E-state index contributed by atoms with van der Waals surface area (Å²) >= 11 is 0. The van der Waals surface area contributed by atoms with Crippen LogP contribution >= 0.6 is 0 Å². The van der Waals surface area contributed by atoms with Crippen molar-refractivity contribution in [3.05, 3.63) is 0 Å². The topological polar surface area (TPSA) is 92.8 Å². The molecule has 1 heterocycles. The van der Waals surface area contributed by atoms with Gasteiger partial charge in [0.25, 0.3) is 0 Å². The maximum Gasteiger partial charge on any atom is 0.233 e. The van der Waals surface area contributed by atoms with Crippen LogP contribution in [0.25, 0.3) is 0 Å². The molecule has 1 aliphatic heterocycles. The van der Waals surface area contributed by atoms with Gasteiger partial charge in [-0.15, -0.1) is 0 Å². The average Bonchev–Trinajstić information content (AvgIpc) is 3.27. The summed E-state index contributed by atoms with van der Waals surface area (Å²) in [4.78, 5) is 48.5. The predicted molar refractivity (Wildman–Crippen MR) is 90.5 cm³/mol. The molecule has 1 aliphatic carbocycles. The minimum atomic E-state index is -0.284. The number of hydrogen-bond donors (Lipinski definition) is 1. The third kappa shape index (κ3) is 4.87. The standard InChI is InChI=1S/C18H28N2O5/c1-12(2)14-10-16(23)20(17(14)24)8-4-15(22)19-7-9-25-11-18(5-6-18)13(3)21/h12,14H,4-11H2,1-3H3,(H,19,22). The van der Waals surface area contributed by atoms with Crippen molar-refractivity contribution < 1.29 is 23.9 Å². The fourth-order valence-electron chi connectivity index (χ4n) is 3.05. The Labute approximate surface area is 148 Å². The van der Waals surface area contributed by atoms with E-state index >= 15 is 0 Å². The van der Waals surface area contributed by atoms with Crippen LogP contribution < -0.4 is 5.32 Å². The lowest BCUT2D eigenvalue weighted by atomic mass is 9.94. The molecular weight excluding hydrogens is 324 g/mol. The van der Waals surface area contributed by atoms with Crippen LogP contribution in [0.15, 0.2) is 0 Å². The van der Waals surface area contributed by atoms with Crippen LogP contribution in [0.1, 0.15) is 46.5 Å². The smallest absolute Gasteiger partial charge is 0.233 e. The SMILES string of the molecule is CC(=O)C1(COCCNC(=O)CCN2C(=O)CC(C(C)C)C2=O)CC1. The van der Waals surface area contributed by atoms with Crippen molar-refractivity contribution in [1.29, 1.82) is 0 Å². The molecule has 2 aliphatic rings. The minimum Gasteiger partial charge on any atom is -0.379 e. The van der Waals surface area contributed by atoms with E-state index in [0.717, 1.165) is 12.8 Å². The molecule has 1 saturated carbocycles. The van der Waals surface area contributed by atoms with Gasteiger partial charge in [-0.25, -0.2) is 0 Å². The summed E-state index contributed by atoms with van der Waals surface area (Å²) in [5, 5.41) is 2.71. The van der Waals surface area contributed by atoms with Gasteiger partial charge in [-0.3, -0.25) is 24.1 Å². The molecule has 0 spiro atoms. The first kappa shape index (κ1) is 19.6. The second-order valence-electron chi connectivity index (χ2n) is 7.43. The predicted octanol–water partition coefficient (Wildman–Crippen LogP) is 0.910. The van der Waals surface area contributed by atoms with Gasteiger partial charge in [0.2, 0.25) is 17.7 Å². The van der Waals surface area contributed by atoms with Crippen LogP contribution in [0.3, 0.4) is 0 Å². The molecule has 0 aromatic carbocycles. The van der Waals surface area contributed by atoms with Crippen molar-refractivity contribution in [1.82, 2.24) is 10.2 Å². The van der Waals surface area contributed by atoms with E-state index in [0.29, 0.717) is 19.8 Å². The van der Waals surface area contributed by atoms with Gasteiger partial charge in [-0.05, 0) is 25.7 Å². The van der Waals surface area contributed by atoms with E-state index in [2.05, 4.69) is 5.32 Å². The van der Waals surface area contributed by atoms with E-state index in [9.17, 15) is 19.2 Å². The quantitative estimate of drug-likeness (QED) is 0.466. The summed E-state index contributed by atoms with van der Waals surface area (Å²) in [5.41, 5.74) is -0.284. The molecule has 1 unspecified atom stereocenters. The van der Waals surface area contributed by atoms with E-state index in [-0.39, 0.29) is 60.1 Å². The minimum absolute atomic E-state index is 0.0969. The van der Waals surface area contributed by atoms with E-state index in [1.807, 2.05) is 13.8 Å². The highest BCUT2D eigenvalue weighted by Crippen LogP contribution is 2.46. The second-order valence-corrected chi connectivity index (χ2v) is 7.43. The number of likely N-dealkylation sites (tertiary alicyclic amines) is 1. The van der Waals surface area contributed by atoms with Gasteiger partial charge in [0.15, 0.2) is 0 Å². The number of nitrogens with zero attached hydrogens (tertiary/aromatic N) is 1. The number of amides is 3. The number of rotatable bonds is 10. The summed E-state index contributed by atoms with van der Waals surface area (Å²) in [5.74, 6) is -0.563. The lowest BCUT2D eigenvalue weighted by Crippen LogP contribution is -2.36. The number of ketones is 1. The first-order chi connectivity index (χ1) is 11.8. The highest BCUT2D eigenvalue weighted by Gasteiger charge is 2.47. The Kier molecular flexibility index (Phi) is 6.32. The van der Waals surface area contributed by atoms with E-state index in [1.54, 1.807) is 6.92 Å². The second kappa shape index (κ2) is 8.08. The van der Waals surface area contributed by atoms with Crippen LogP contribution in [0.4, 0.5) is 0 Å². The van der Waals surface area contributed by atoms with Crippen LogP contribution in [0, 0.1) is 17.3 Å². The van der Waals surface area contributed by atoms with Gasteiger partial charge < -0.3 is 10.1 Å². The van der Waals surface area contributed by atoms with Crippen molar-refractivity contribution in [3.63, 3.8) is 0 Å². The van der Waals surface area contributed by atoms with E-state index in [4.69, 9.17) is 4.74 Å². The maximum atomic E-state index is 12.1. The van der Waals surface area contributed by atoms with Crippen molar-refractivity contribution in [2.24, 2.45) is 17.3 Å². The molecule has 1 saturated heterocycles. The zero-order valence-corrected chi connectivity index (χ0v) is 15.3. The van der Waals surface area contributed by atoms with Crippen molar-refractivity contribution in [2.75, 3.05) is 26.3 Å². The van der Waals surface area contributed by atoms with Crippen LogP contribution in [0.5, 0.6) is 0 Å². The van der Waals surface area contributed by atoms with Crippen molar-refractivity contribution in [2.45, 2.75) is 46.5 Å². The molecule has 7 nitrogen and oxygen atoms in total. The molecule has 1 atom stereocenters. The number of Topliss-reactive ketones (excluding diaryl/α,β-unsaturated/α-hetero) is 1. The summed E-state index contributed by atoms with van der Waals surface area (Å²) in [7, 11) is 0. The molecule has 3 amide bonds. The summed E-state index contributed by atoms with van der Waals surface area (Å²) in [6.07, 6.45) is 2.09. The number of imide groups is 1. The fourth-order valence-corrected chi connectivity index (χ4v) is 3.05. The molecule has 0 aromatic rings. The van der Waals surface area contributed by atoms with Gasteiger partial charge in [-0.2, -0.15) is 0 Å². The van der Waals surface area contributed by atoms with E-state index in [1.165, 1.54) is 4.90 Å². The number of carbonyl (C=O) groups excluding carboxylic acids is 4. The normalized spacial score (nSPS) is 21.8. The maximum absolute atomic E-state index is 12.1. The zero-order valence-electron chi connectivity index (χ0n) is 15.3. The van der Waals surface area contributed by atoms with Crippen molar-refractivity contribution >= 4 is 23.5 Å². The third-order valence-corrected chi connectivity index (χ3v) is 5.19. The highest BCUT2D eigenvalue weighted by atomic mass is 16.5. The van der Waals surface area contributed by atoms with Gasteiger partial charge in [0.05, 0.1) is 18.6 Å². The first-order valence-corrected chi connectivity index (χ1v) is 8.96. The highest BCUT2D eigenvalue weighted by molar-refractivity contribution is 6.03. The molecule has 0 bridgehead atoms. The fraction of sp³-hybridized carbons (Fsp3) is 0.778. The number of hydrogen-bond acceptors (Lipinski definition) is 5. The summed E-state index contributed by atoms with van der Waals surface area (Å²) in [6, 6.07) is 0. The molecule has 140 valence electrons. The lowest BCUT2D eigenvalue weighted by Gasteiger charge is -2.16. The Morgan fingerprint density at radius 1 is 1.32 bits per heavy atom. The van der Waals surface area contributed by atoms with Crippen LogP contribution in [0.2, 0.25) is 0 Å². The van der Waals surface area contributed by atoms with Gasteiger partial charge >= 0.3 is 0 Å². The van der Waals surface area contributed by atoms with E-state index < -0.39 is 0 Å². The van der Waals surface area contributed by atoms with Crippen LogP contribution in [-0.4, -0.2) is 54.7 Å². The Balaban J connectivity index is 1.60. The number of nitrogens with one attached hydrogen (secondary N) is 1. The summed E-state index contributed by atoms with van der Waals surface area (Å²) in [6.45, 7) is 6.66. The first-order valence-electron chi connectivity index (χ1n) is 8.96. The zero-order chi connectivity index (χ0) is 18.6. The molecular formula is C18H28N2O5. The summed E-state index contributed by atoms with van der Waals surface area (Å²) < 4.78 is 5.47. The third-order valence-electron chi connectivity index (χ3n) is 5.19.